The molecule has 1 amide bonds. The molecular weight excluding hydrogens is 298 g/mol. The molecule has 6 heteroatoms. The van der Waals surface area contributed by atoms with E-state index in [0.717, 1.165) is 11.3 Å². The molecule has 0 radical (unpaired) electrons. The summed E-state index contributed by atoms with van der Waals surface area (Å²) in [5.41, 5.74) is 2.01. The van der Waals surface area contributed by atoms with Gasteiger partial charge in [0.1, 0.15) is 6.10 Å². The van der Waals surface area contributed by atoms with E-state index in [4.69, 9.17) is 4.74 Å². The Morgan fingerprint density at radius 3 is 3.09 bits per heavy atom. The highest BCUT2D eigenvalue weighted by atomic mass is 32.1. The Bertz CT molecular complexity index is 603. The first-order valence-corrected chi connectivity index (χ1v) is 8.37. The summed E-state index contributed by atoms with van der Waals surface area (Å²) in [6, 6.07) is 2.07. The molecule has 1 aliphatic heterocycles. The molecule has 2 atom stereocenters. The van der Waals surface area contributed by atoms with Gasteiger partial charge < -0.3 is 9.64 Å². The Hall–Kier alpha value is -1.79. The van der Waals surface area contributed by atoms with Crippen molar-refractivity contribution in [3.8, 4) is 0 Å². The van der Waals surface area contributed by atoms with Crippen LogP contribution in [0, 0.1) is 0 Å². The molecule has 1 aliphatic rings. The highest BCUT2D eigenvalue weighted by molar-refractivity contribution is 7.07. The minimum Gasteiger partial charge on any atom is -0.367 e. The van der Waals surface area contributed by atoms with Crippen molar-refractivity contribution in [3.05, 3.63) is 46.7 Å². The molecule has 22 heavy (non-hydrogen) atoms. The zero-order valence-corrected chi connectivity index (χ0v) is 13.3. The van der Waals surface area contributed by atoms with E-state index in [-0.39, 0.29) is 18.1 Å². The van der Waals surface area contributed by atoms with Crippen LogP contribution in [-0.4, -0.2) is 40.0 Å². The predicted molar refractivity (Wildman–Crippen MR) is 84.5 cm³/mol. The normalized spacial score (nSPS) is 21.8. The Balaban J connectivity index is 1.59. The van der Waals surface area contributed by atoms with Gasteiger partial charge >= 0.3 is 0 Å². The standard InChI is InChI=1S/C16H19N3O2S/c1-12-9-19(10-15(21-12)13-4-7-22-11-13)16(20)3-2-14-8-17-5-6-18-14/h4-8,11-12,15H,2-3,9-10H2,1H3/t12-,15-/m0/s1. The largest absolute Gasteiger partial charge is 0.367 e. The number of rotatable bonds is 4. The van der Waals surface area contributed by atoms with E-state index in [0.29, 0.717) is 25.9 Å². The smallest absolute Gasteiger partial charge is 0.223 e. The van der Waals surface area contributed by atoms with E-state index in [1.54, 1.807) is 29.9 Å². The van der Waals surface area contributed by atoms with Gasteiger partial charge in [0.05, 0.1) is 18.3 Å². The second kappa shape index (κ2) is 6.98. The van der Waals surface area contributed by atoms with E-state index in [1.807, 2.05) is 17.2 Å². The molecule has 0 spiro atoms. The van der Waals surface area contributed by atoms with Crippen molar-refractivity contribution in [2.75, 3.05) is 13.1 Å². The maximum Gasteiger partial charge on any atom is 0.223 e. The molecule has 1 fully saturated rings. The number of amides is 1. The Morgan fingerprint density at radius 1 is 1.45 bits per heavy atom. The average molecular weight is 317 g/mol. The van der Waals surface area contributed by atoms with Gasteiger partial charge in [-0.05, 0) is 35.7 Å². The predicted octanol–water partition coefficient (Wildman–Crippen LogP) is 2.46. The molecule has 116 valence electrons. The summed E-state index contributed by atoms with van der Waals surface area (Å²) in [6.45, 7) is 3.29. The van der Waals surface area contributed by atoms with E-state index >= 15 is 0 Å². The molecule has 0 aromatic carbocycles. The number of carbonyl (C=O) groups excluding carboxylic acids is 1. The van der Waals surface area contributed by atoms with E-state index in [9.17, 15) is 4.79 Å². The number of hydrogen-bond acceptors (Lipinski definition) is 5. The average Bonchev–Trinajstić information content (AvgIpc) is 3.07. The second-order valence-electron chi connectivity index (χ2n) is 5.49. The number of aromatic nitrogens is 2. The lowest BCUT2D eigenvalue weighted by molar-refractivity contribution is -0.144. The number of nitrogens with zero attached hydrogens (tertiary/aromatic N) is 3. The van der Waals surface area contributed by atoms with Crippen molar-refractivity contribution in [2.45, 2.75) is 32.0 Å². The van der Waals surface area contributed by atoms with Crippen LogP contribution in [0.4, 0.5) is 0 Å². The third kappa shape index (κ3) is 3.69. The highest BCUT2D eigenvalue weighted by Crippen LogP contribution is 2.27. The number of morpholine rings is 1. The van der Waals surface area contributed by atoms with Crippen LogP contribution >= 0.6 is 11.3 Å². The number of hydrogen-bond donors (Lipinski definition) is 0. The first-order chi connectivity index (χ1) is 10.7. The van der Waals surface area contributed by atoms with E-state index in [1.165, 1.54) is 0 Å². The maximum absolute atomic E-state index is 12.5. The topological polar surface area (TPSA) is 55.3 Å². The van der Waals surface area contributed by atoms with Crippen molar-refractivity contribution in [3.63, 3.8) is 0 Å². The van der Waals surface area contributed by atoms with Crippen molar-refractivity contribution in [1.82, 2.24) is 14.9 Å². The lowest BCUT2D eigenvalue weighted by atomic mass is 10.1. The molecular formula is C16H19N3O2S. The van der Waals surface area contributed by atoms with Crippen LogP contribution in [0.2, 0.25) is 0 Å². The van der Waals surface area contributed by atoms with Gasteiger partial charge in [-0.1, -0.05) is 0 Å². The molecule has 2 aromatic heterocycles. The van der Waals surface area contributed by atoms with Gasteiger partial charge in [-0.3, -0.25) is 14.8 Å². The first kappa shape index (κ1) is 15.1. The number of carbonyl (C=O) groups is 1. The summed E-state index contributed by atoms with van der Waals surface area (Å²) in [4.78, 5) is 22.6. The zero-order valence-electron chi connectivity index (χ0n) is 12.5. The van der Waals surface area contributed by atoms with E-state index < -0.39 is 0 Å². The molecule has 5 nitrogen and oxygen atoms in total. The fraction of sp³-hybridized carbons (Fsp3) is 0.438. The molecule has 0 aliphatic carbocycles. The summed E-state index contributed by atoms with van der Waals surface area (Å²) < 4.78 is 5.96. The van der Waals surface area contributed by atoms with Crippen LogP contribution in [0.3, 0.4) is 0 Å². The zero-order chi connectivity index (χ0) is 15.4. The Labute approximate surface area is 134 Å². The maximum atomic E-state index is 12.5. The fourth-order valence-corrected chi connectivity index (χ4v) is 3.35. The third-order valence-corrected chi connectivity index (χ3v) is 4.44. The monoisotopic (exact) mass is 317 g/mol. The van der Waals surface area contributed by atoms with E-state index in [2.05, 4.69) is 21.4 Å². The van der Waals surface area contributed by atoms with Crippen molar-refractivity contribution in [2.24, 2.45) is 0 Å². The summed E-state index contributed by atoms with van der Waals surface area (Å²) in [7, 11) is 0. The second-order valence-corrected chi connectivity index (χ2v) is 6.27. The number of thiophene rings is 1. The van der Waals surface area contributed by atoms with Gasteiger partial charge in [-0.25, -0.2) is 0 Å². The summed E-state index contributed by atoms with van der Waals surface area (Å²) in [5.74, 6) is 0.154. The van der Waals surface area contributed by atoms with Gasteiger partial charge in [0.2, 0.25) is 5.91 Å². The van der Waals surface area contributed by atoms with Crippen LogP contribution < -0.4 is 0 Å². The van der Waals surface area contributed by atoms with Crippen LogP contribution in [0.1, 0.15) is 30.7 Å². The lowest BCUT2D eigenvalue weighted by Gasteiger charge is -2.36. The summed E-state index contributed by atoms with van der Waals surface area (Å²) in [6.07, 6.45) is 6.13. The number of aryl methyl sites for hydroxylation is 1. The molecule has 0 saturated carbocycles. The third-order valence-electron chi connectivity index (χ3n) is 3.74. The SMILES string of the molecule is C[C@H]1CN(C(=O)CCc2cnccn2)C[C@@H](c2ccsc2)O1. The van der Waals surface area contributed by atoms with Crippen LogP contribution in [0.25, 0.3) is 0 Å². The molecule has 2 aromatic rings. The molecule has 3 rings (SSSR count). The Kier molecular flexibility index (Phi) is 4.80. The van der Waals surface area contributed by atoms with Gasteiger partial charge in [0.25, 0.3) is 0 Å². The van der Waals surface area contributed by atoms with Crippen LogP contribution in [-0.2, 0) is 16.0 Å². The fourth-order valence-electron chi connectivity index (χ4n) is 2.65. The summed E-state index contributed by atoms with van der Waals surface area (Å²) in [5, 5.41) is 4.13. The molecule has 3 heterocycles. The van der Waals surface area contributed by atoms with Crippen LogP contribution in [0.5, 0.6) is 0 Å². The number of ether oxygens (including phenoxy) is 1. The minimum atomic E-state index is -0.0181. The lowest BCUT2D eigenvalue weighted by Crippen LogP contribution is -2.46. The van der Waals surface area contributed by atoms with Crippen molar-refractivity contribution in [1.29, 1.82) is 0 Å². The molecule has 0 unspecified atom stereocenters. The van der Waals surface area contributed by atoms with Gasteiger partial charge in [0, 0.05) is 31.6 Å². The minimum absolute atomic E-state index is 0.0181. The van der Waals surface area contributed by atoms with Gasteiger partial charge in [0.15, 0.2) is 0 Å². The molecule has 0 bridgehead atoms. The molecule has 1 saturated heterocycles. The molecule has 0 N–H and O–H groups in total. The summed E-state index contributed by atoms with van der Waals surface area (Å²) >= 11 is 1.65. The highest BCUT2D eigenvalue weighted by Gasteiger charge is 2.29. The quantitative estimate of drug-likeness (QED) is 0.869. The van der Waals surface area contributed by atoms with Crippen molar-refractivity contribution >= 4 is 17.2 Å². The van der Waals surface area contributed by atoms with Crippen LogP contribution in [0.15, 0.2) is 35.4 Å². The van der Waals surface area contributed by atoms with Gasteiger partial charge in [-0.15, -0.1) is 0 Å². The van der Waals surface area contributed by atoms with Crippen molar-refractivity contribution < 1.29 is 9.53 Å². The Morgan fingerprint density at radius 2 is 2.36 bits per heavy atom. The van der Waals surface area contributed by atoms with Gasteiger partial charge in [-0.2, -0.15) is 11.3 Å². The first-order valence-electron chi connectivity index (χ1n) is 7.42.